The van der Waals surface area contributed by atoms with Gasteiger partial charge in [0.05, 0.1) is 0 Å². The van der Waals surface area contributed by atoms with Crippen molar-refractivity contribution < 1.29 is 0 Å². The van der Waals surface area contributed by atoms with Crippen LogP contribution in [0.2, 0.25) is 0 Å². The van der Waals surface area contributed by atoms with E-state index in [1.165, 1.54) is 36.0 Å². The van der Waals surface area contributed by atoms with Crippen molar-refractivity contribution in [1.29, 1.82) is 0 Å². The second kappa shape index (κ2) is 6.47. The third-order valence-electron chi connectivity index (χ3n) is 5.26. The summed E-state index contributed by atoms with van der Waals surface area (Å²) < 4.78 is 0. The van der Waals surface area contributed by atoms with Gasteiger partial charge in [0.15, 0.2) is 0 Å². The number of aryl methyl sites for hydroxylation is 2. The number of benzene rings is 1. The molecular weight excluding hydrogens is 258 g/mol. The van der Waals surface area contributed by atoms with E-state index in [1.54, 1.807) is 0 Å². The van der Waals surface area contributed by atoms with Crippen molar-refractivity contribution in [3.63, 3.8) is 0 Å². The van der Waals surface area contributed by atoms with Crippen molar-refractivity contribution in [2.45, 2.75) is 44.7 Å². The average Bonchev–Trinajstić information content (AvgIpc) is 2.36. The summed E-state index contributed by atoms with van der Waals surface area (Å²) in [5.41, 5.74) is 10.7. The zero-order chi connectivity index (χ0) is 15.6. The van der Waals surface area contributed by atoms with Crippen LogP contribution in [0.25, 0.3) is 0 Å². The predicted octanol–water partition coefficient (Wildman–Crippen LogP) is 2.72. The summed E-state index contributed by atoms with van der Waals surface area (Å²) in [4.78, 5) is 4.80. The lowest BCUT2D eigenvalue weighted by Gasteiger charge is -2.49. The minimum absolute atomic E-state index is 0.0913. The van der Waals surface area contributed by atoms with E-state index < -0.39 is 0 Å². The molecule has 118 valence electrons. The lowest BCUT2D eigenvalue weighted by molar-refractivity contribution is 0.0265. The van der Waals surface area contributed by atoms with Crippen LogP contribution in [-0.4, -0.2) is 49.6 Å². The highest BCUT2D eigenvalue weighted by Gasteiger charge is 2.39. The monoisotopic (exact) mass is 289 g/mol. The van der Waals surface area contributed by atoms with Crippen molar-refractivity contribution in [2.75, 3.05) is 34.2 Å². The van der Waals surface area contributed by atoms with Crippen molar-refractivity contribution in [2.24, 2.45) is 5.73 Å². The molecule has 1 aliphatic rings. The topological polar surface area (TPSA) is 32.5 Å². The second-order valence-electron chi connectivity index (χ2n) is 7.12. The van der Waals surface area contributed by atoms with Gasteiger partial charge < -0.3 is 15.5 Å². The van der Waals surface area contributed by atoms with Crippen molar-refractivity contribution >= 4 is 0 Å². The highest BCUT2D eigenvalue weighted by atomic mass is 15.2. The molecular formula is C18H31N3. The Balaban J connectivity index is 1.95. The number of nitrogens with zero attached hydrogens (tertiary/aromatic N) is 2. The lowest BCUT2D eigenvalue weighted by Crippen LogP contribution is -2.57. The molecule has 0 amide bonds. The van der Waals surface area contributed by atoms with Gasteiger partial charge in [0.1, 0.15) is 0 Å². The summed E-state index contributed by atoms with van der Waals surface area (Å²) in [7, 11) is 6.61. The summed E-state index contributed by atoms with van der Waals surface area (Å²) in [6.07, 6.45) is 3.97. The van der Waals surface area contributed by atoms with Crippen molar-refractivity contribution in [1.82, 2.24) is 9.80 Å². The van der Waals surface area contributed by atoms with Gasteiger partial charge in [0.25, 0.3) is 0 Å². The smallest absolute Gasteiger partial charge is 0.0424 e. The fraction of sp³-hybridized carbons (Fsp3) is 0.667. The molecule has 0 radical (unpaired) electrons. The Morgan fingerprint density at radius 2 is 1.81 bits per heavy atom. The van der Waals surface area contributed by atoms with Crippen LogP contribution < -0.4 is 5.73 Å². The maximum atomic E-state index is 6.41. The third kappa shape index (κ3) is 3.65. The Hall–Kier alpha value is -0.900. The third-order valence-corrected chi connectivity index (χ3v) is 5.26. The van der Waals surface area contributed by atoms with E-state index in [1.807, 2.05) is 0 Å². The van der Waals surface area contributed by atoms with Gasteiger partial charge in [-0.2, -0.15) is 0 Å². The van der Waals surface area contributed by atoms with E-state index >= 15 is 0 Å². The standard InChI is InChI=1S/C18H31N3/c1-14-7-8-16(11-15(14)2)17(19)12-21(5)13-18(20(3)4)9-6-10-18/h7-8,11,17H,6,9-10,12-13,19H2,1-5H3. The lowest BCUT2D eigenvalue weighted by atomic mass is 9.75. The normalized spacial score (nSPS) is 18.9. The number of rotatable bonds is 6. The molecule has 0 aromatic heterocycles. The number of nitrogens with two attached hydrogens (primary N) is 1. The molecule has 1 unspecified atom stereocenters. The van der Waals surface area contributed by atoms with E-state index in [9.17, 15) is 0 Å². The van der Waals surface area contributed by atoms with Crippen LogP contribution >= 0.6 is 0 Å². The van der Waals surface area contributed by atoms with Gasteiger partial charge in [-0.3, -0.25) is 0 Å². The summed E-state index contributed by atoms with van der Waals surface area (Å²) in [6, 6.07) is 6.68. The van der Waals surface area contributed by atoms with Crippen LogP contribution in [0.15, 0.2) is 18.2 Å². The molecule has 1 aromatic rings. The van der Waals surface area contributed by atoms with Gasteiger partial charge in [-0.05, 0) is 70.9 Å². The maximum Gasteiger partial charge on any atom is 0.0424 e. The minimum atomic E-state index is 0.0913. The highest BCUT2D eigenvalue weighted by Crippen LogP contribution is 2.36. The molecule has 0 spiro atoms. The van der Waals surface area contributed by atoms with Crippen LogP contribution in [0.5, 0.6) is 0 Å². The highest BCUT2D eigenvalue weighted by molar-refractivity contribution is 5.31. The van der Waals surface area contributed by atoms with E-state index in [0.717, 1.165) is 13.1 Å². The van der Waals surface area contributed by atoms with E-state index in [0.29, 0.717) is 5.54 Å². The van der Waals surface area contributed by atoms with Crippen LogP contribution in [0.4, 0.5) is 0 Å². The van der Waals surface area contributed by atoms with Crippen LogP contribution in [0.1, 0.15) is 42.0 Å². The summed E-state index contributed by atoms with van der Waals surface area (Å²) in [5, 5.41) is 0. The fourth-order valence-corrected chi connectivity index (χ4v) is 3.34. The van der Waals surface area contributed by atoms with Crippen LogP contribution in [0, 0.1) is 13.8 Å². The van der Waals surface area contributed by atoms with Gasteiger partial charge in [-0.25, -0.2) is 0 Å². The molecule has 0 aliphatic heterocycles. The van der Waals surface area contributed by atoms with E-state index in [2.05, 4.69) is 63.0 Å². The molecule has 0 heterocycles. The molecule has 1 aromatic carbocycles. The van der Waals surface area contributed by atoms with Gasteiger partial charge in [0, 0.05) is 24.7 Å². The first-order valence-electron chi connectivity index (χ1n) is 8.03. The molecule has 2 rings (SSSR count). The Morgan fingerprint density at radius 1 is 1.14 bits per heavy atom. The Labute approximate surface area is 130 Å². The Morgan fingerprint density at radius 3 is 2.29 bits per heavy atom. The average molecular weight is 289 g/mol. The summed E-state index contributed by atoms with van der Waals surface area (Å²) >= 11 is 0. The minimum Gasteiger partial charge on any atom is -0.323 e. The van der Waals surface area contributed by atoms with Gasteiger partial charge >= 0.3 is 0 Å². The second-order valence-corrected chi connectivity index (χ2v) is 7.12. The van der Waals surface area contributed by atoms with Crippen LogP contribution in [-0.2, 0) is 0 Å². The zero-order valence-electron chi connectivity index (χ0n) is 14.3. The van der Waals surface area contributed by atoms with Gasteiger partial charge in [0.2, 0.25) is 0 Å². The Bertz CT molecular complexity index is 477. The van der Waals surface area contributed by atoms with Gasteiger partial charge in [-0.1, -0.05) is 18.2 Å². The largest absolute Gasteiger partial charge is 0.323 e. The molecule has 1 atom stereocenters. The van der Waals surface area contributed by atoms with Crippen molar-refractivity contribution in [3.05, 3.63) is 34.9 Å². The molecule has 1 aliphatic carbocycles. The first-order chi connectivity index (χ1) is 9.84. The quantitative estimate of drug-likeness (QED) is 0.874. The molecule has 3 nitrogen and oxygen atoms in total. The maximum absolute atomic E-state index is 6.41. The Kier molecular flexibility index (Phi) is 5.07. The SMILES string of the molecule is Cc1ccc(C(N)CN(C)CC2(N(C)C)CCC2)cc1C. The fourth-order valence-electron chi connectivity index (χ4n) is 3.34. The first kappa shape index (κ1) is 16.5. The molecule has 1 saturated carbocycles. The summed E-state index contributed by atoms with van der Waals surface area (Å²) in [6.45, 7) is 6.33. The van der Waals surface area contributed by atoms with Gasteiger partial charge in [-0.15, -0.1) is 0 Å². The molecule has 0 bridgehead atoms. The van der Waals surface area contributed by atoms with Crippen LogP contribution in [0.3, 0.4) is 0 Å². The molecule has 2 N–H and O–H groups in total. The summed E-state index contributed by atoms with van der Waals surface area (Å²) in [5.74, 6) is 0. The van der Waals surface area contributed by atoms with Crippen molar-refractivity contribution in [3.8, 4) is 0 Å². The molecule has 21 heavy (non-hydrogen) atoms. The number of hydrogen-bond donors (Lipinski definition) is 1. The first-order valence-corrected chi connectivity index (χ1v) is 8.03. The predicted molar refractivity (Wildman–Crippen MR) is 90.6 cm³/mol. The van der Waals surface area contributed by atoms with E-state index in [4.69, 9.17) is 5.73 Å². The van der Waals surface area contributed by atoms with E-state index in [-0.39, 0.29) is 6.04 Å². The zero-order valence-corrected chi connectivity index (χ0v) is 14.3. The molecule has 0 saturated heterocycles. The molecule has 1 fully saturated rings. The molecule has 3 heteroatoms. The number of likely N-dealkylation sites (N-methyl/N-ethyl adjacent to an activating group) is 2. The number of hydrogen-bond acceptors (Lipinski definition) is 3.